The zero-order chi connectivity index (χ0) is 20.6. The third-order valence-corrected chi connectivity index (χ3v) is 5.64. The highest BCUT2D eigenvalue weighted by Gasteiger charge is 2.26. The van der Waals surface area contributed by atoms with Crippen molar-refractivity contribution in [1.82, 2.24) is 20.6 Å². The second kappa shape index (κ2) is 7.39. The topological polar surface area (TPSA) is 94.0 Å². The molecule has 1 aliphatic heterocycles. The molecule has 0 saturated carbocycles. The van der Waals surface area contributed by atoms with Crippen molar-refractivity contribution >= 4 is 27.8 Å². The van der Waals surface area contributed by atoms with E-state index < -0.39 is 5.66 Å². The van der Waals surface area contributed by atoms with Crippen molar-refractivity contribution in [3.8, 4) is 0 Å². The lowest BCUT2D eigenvalue weighted by atomic mass is 9.98. The number of rotatable bonds is 5. The van der Waals surface area contributed by atoms with Gasteiger partial charge in [-0.25, -0.2) is 0 Å². The summed E-state index contributed by atoms with van der Waals surface area (Å²) in [4.78, 5) is 11.3. The van der Waals surface area contributed by atoms with Gasteiger partial charge in [-0.2, -0.15) is 0 Å². The predicted octanol–water partition coefficient (Wildman–Crippen LogP) is 3.46. The van der Waals surface area contributed by atoms with E-state index in [1.54, 1.807) is 0 Å². The first kappa shape index (κ1) is 18.5. The van der Waals surface area contributed by atoms with Crippen molar-refractivity contribution in [3.63, 3.8) is 0 Å². The van der Waals surface area contributed by atoms with Gasteiger partial charge < -0.3 is 26.3 Å². The Kier molecular flexibility index (Phi) is 4.56. The van der Waals surface area contributed by atoms with E-state index in [9.17, 15) is 0 Å². The number of aromatic amines is 2. The van der Waals surface area contributed by atoms with Crippen molar-refractivity contribution in [2.45, 2.75) is 25.4 Å². The number of benzene rings is 2. The number of fused-ring (bicyclic) bond motifs is 2. The number of nitrogens with zero attached hydrogens (tertiary/aromatic N) is 1. The average molecular weight is 399 g/mol. The Hall–Kier alpha value is -3.51. The third kappa shape index (κ3) is 3.69. The lowest BCUT2D eigenvalue weighted by molar-refractivity contribution is 0.472. The Bertz CT molecular complexity index is 1260. The number of guanidine groups is 1. The molecule has 6 heteroatoms. The van der Waals surface area contributed by atoms with Crippen molar-refractivity contribution in [2.24, 2.45) is 10.7 Å². The zero-order valence-electron chi connectivity index (χ0n) is 17.0. The number of nitrogens with two attached hydrogens (primary N) is 1. The molecule has 1 atom stereocenters. The summed E-state index contributed by atoms with van der Waals surface area (Å²) < 4.78 is 0. The van der Waals surface area contributed by atoms with Gasteiger partial charge in [-0.3, -0.25) is 4.99 Å². The summed E-state index contributed by atoms with van der Waals surface area (Å²) in [6.45, 7) is 2.79. The van der Waals surface area contributed by atoms with Gasteiger partial charge in [0.15, 0.2) is 5.96 Å². The maximum atomic E-state index is 6.63. The quantitative estimate of drug-likeness (QED) is 0.356. The summed E-state index contributed by atoms with van der Waals surface area (Å²) in [5.74, 6) is 0.707. The second-order valence-electron chi connectivity index (χ2n) is 8.06. The minimum absolute atomic E-state index is 0.674. The zero-order valence-corrected chi connectivity index (χ0v) is 17.0. The molecule has 152 valence electrons. The predicted molar refractivity (Wildman–Crippen MR) is 123 cm³/mol. The Balaban J connectivity index is 1.27. The summed E-state index contributed by atoms with van der Waals surface area (Å²) in [5, 5.41) is 9.00. The molecule has 0 amide bonds. The molecule has 2 aromatic carbocycles. The van der Waals surface area contributed by atoms with Crippen LogP contribution in [0.2, 0.25) is 0 Å². The maximum absolute atomic E-state index is 6.63. The summed E-state index contributed by atoms with van der Waals surface area (Å²) in [6.07, 6.45) is 9.40. The summed E-state index contributed by atoms with van der Waals surface area (Å²) >= 11 is 0. The molecule has 3 heterocycles. The van der Waals surface area contributed by atoms with Crippen molar-refractivity contribution in [3.05, 3.63) is 83.8 Å². The summed E-state index contributed by atoms with van der Waals surface area (Å²) in [7, 11) is 0. The minimum Gasteiger partial charge on any atom is -0.361 e. The van der Waals surface area contributed by atoms with Crippen LogP contribution in [-0.4, -0.2) is 28.1 Å². The molecule has 5 rings (SSSR count). The van der Waals surface area contributed by atoms with Gasteiger partial charge in [-0.05, 0) is 66.3 Å². The molecular weight excluding hydrogens is 372 g/mol. The largest absolute Gasteiger partial charge is 0.361 e. The minimum atomic E-state index is -0.675. The first-order valence-electron chi connectivity index (χ1n) is 10.3. The van der Waals surface area contributed by atoms with E-state index in [1.165, 1.54) is 33.0 Å². The first-order valence-corrected chi connectivity index (χ1v) is 10.3. The highest BCUT2D eigenvalue weighted by Crippen LogP contribution is 2.21. The molecule has 0 bridgehead atoms. The summed E-state index contributed by atoms with van der Waals surface area (Å²) in [5.41, 5.74) is 12.0. The van der Waals surface area contributed by atoms with Crippen LogP contribution in [0, 0.1) is 6.92 Å². The Morgan fingerprint density at radius 1 is 1.03 bits per heavy atom. The SMILES string of the molecule is Cc1ccc2[nH]cc(CCN=C3NC=CC(N)(Cc4ccc5[nH]ccc5c4)N3)c2c1. The molecule has 0 spiro atoms. The Morgan fingerprint density at radius 3 is 2.87 bits per heavy atom. The van der Waals surface area contributed by atoms with Crippen LogP contribution in [0.5, 0.6) is 0 Å². The molecule has 6 nitrogen and oxygen atoms in total. The molecule has 2 aromatic heterocycles. The lowest BCUT2D eigenvalue weighted by Crippen LogP contribution is -2.61. The van der Waals surface area contributed by atoms with E-state index >= 15 is 0 Å². The number of hydrogen-bond acceptors (Lipinski definition) is 2. The number of hydrogen-bond donors (Lipinski definition) is 5. The van der Waals surface area contributed by atoms with Crippen LogP contribution in [0.15, 0.2) is 72.1 Å². The van der Waals surface area contributed by atoms with Gasteiger partial charge in [0, 0.05) is 48.0 Å². The van der Waals surface area contributed by atoms with Gasteiger partial charge in [-0.15, -0.1) is 0 Å². The number of H-pyrrole nitrogens is 2. The van der Waals surface area contributed by atoms with Crippen molar-refractivity contribution in [1.29, 1.82) is 0 Å². The number of aliphatic imine (C=N–C) groups is 1. The normalized spacial score (nSPS) is 20.0. The molecule has 1 unspecified atom stereocenters. The number of nitrogens with one attached hydrogen (secondary N) is 4. The van der Waals surface area contributed by atoms with Crippen LogP contribution in [0.25, 0.3) is 21.8 Å². The number of aromatic nitrogens is 2. The Labute approximate surface area is 175 Å². The van der Waals surface area contributed by atoms with E-state index in [2.05, 4.69) is 76.2 Å². The van der Waals surface area contributed by atoms with E-state index in [0.29, 0.717) is 18.9 Å². The molecule has 0 radical (unpaired) electrons. The molecule has 30 heavy (non-hydrogen) atoms. The van der Waals surface area contributed by atoms with Crippen molar-refractivity contribution < 1.29 is 0 Å². The van der Waals surface area contributed by atoms with E-state index in [0.717, 1.165) is 11.9 Å². The van der Waals surface area contributed by atoms with E-state index in [1.807, 2.05) is 18.5 Å². The van der Waals surface area contributed by atoms with Crippen molar-refractivity contribution in [2.75, 3.05) is 6.54 Å². The fourth-order valence-electron chi connectivity index (χ4n) is 4.09. The smallest absolute Gasteiger partial charge is 0.197 e. The molecule has 0 saturated heterocycles. The summed E-state index contributed by atoms with van der Waals surface area (Å²) in [6, 6.07) is 14.9. The standard InChI is InChI=1S/C24H26N6/c1-16-2-4-22-20(12-16)19(15-29-22)7-10-27-23-28-11-8-24(25,30-23)14-17-3-5-21-18(13-17)6-9-26-21/h2-6,8-9,11-13,15,26,29H,7,10,14,25H2,1H3,(H2,27,28,30). The van der Waals surface area contributed by atoms with Crippen LogP contribution >= 0.6 is 0 Å². The second-order valence-corrected chi connectivity index (χ2v) is 8.06. The fourth-order valence-corrected chi connectivity index (χ4v) is 4.09. The molecule has 1 aliphatic rings. The van der Waals surface area contributed by atoms with E-state index in [-0.39, 0.29) is 0 Å². The third-order valence-electron chi connectivity index (χ3n) is 5.64. The van der Waals surface area contributed by atoms with Gasteiger partial charge in [-0.1, -0.05) is 17.7 Å². The molecule has 0 fully saturated rings. The van der Waals surface area contributed by atoms with Crippen LogP contribution in [-0.2, 0) is 12.8 Å². The van der Waals surface area contributed by atoms with Gasteiger partial charge in [0.1, 0.15) is 5.66 Å². The molecular formula is C24H26N6. The Morgan fingerprint density at radius 2 is 1.93 bits per heavy atom. The monoisotopic (exact) mass is 398 g/mol. The van der Waals surface area contributed by atoms with Gasteiger partial charge >= 0.3 is 0 Å². The van der Waals surface area contributed by atoms with Crippen LogP contribution in [0.1, 0.15) is 16.7 Å². The van der Waals surface area contributed by atoms with E-state index in [4.69, 9.17) is 10.7 Å². The van der Waals surface area contributed by atoms with Crippen LogP contribution in [0.4, 0.5) is 0 Å². The fraction of sp³-hybridized carbons (Fsp3) is 0.208. The van der Waals surface area contributed by atoms with Crippen LogP contribution < -0.4 is 16.4 Å². The molecule has 6 N–H and O–H groups in total. The van der Waals surface area contributed by atoms with Gasteiger partial charge in [0.2, 0.25) is 0 Å². The first-order chi connectivity index (χ1) is 14.6. The molecule has 0 aliphatic carbocycles. The van der Waals surface area contributed by atoms with Crippen LogP contribution in [0.3, 0.4) is 0 Å². The molecule has 4 aromatic rings. The highest BCUT2D eigenvalue weighted by molar-refractivity contribution is 5.85. The average Bonchev–Trinajstić information content (AvgIpc) is 3.34. The highest BCUT2D eigenvalue weighted by atomic mass is 15.3. The van der Waals surface area contributed by atoms with Gasteiger partial charge in [0.25, 0.3) is 0 Å². The number of aryl methyl sites for hydroxylation is 1. The lowest BCUT2D eigenvalue weighted by Gasteiger charge is -2.32. The van der Waals surface area contributed by atoms with Gasteiger partial charge in [0.05, 0.1) is 0 Å². The maximum Gasteiger partial charge on any atom is 0.197 e.